The molecular weight excluding hydrogens is 369 g/mol. The van der Waals surface area contributed by atoms with Gasteiger partial charge >= 0.3 is 0 Å². The van der Waals surface area contributed by atoms with Gasteiger partial charge in [-0.1, -0.05) is 24.0 Å². The quantitative estimate of drug-likeness (QED) is 0.471. The zero-order valence-electron chi connectivity index (χ0n) is 15.7. The summed E-state index contributed by atoms with van der Waals surface area (Å²) in [5.41, 5.74) is 7.33. The second kappa shape index (κ2) is 7.53. The Balaban J connectivity index is 1.67. The summed E-state index contributed by atoms with van der Waals surface area (Å²) in [4.78, 5) is 13.2. The van der Waals surface area contributed by atoms with Crippen molar-refractivity contribution in [2.45, 2.75) is 31.3 Å². The molecule has 1 aliphatic carbocycles. The lowest BCUT2D eigenvalue weighted by Gasteiger charge is -2.12. The monoisotopic (exact) mass is 389 g/mol. The van der Waals surface area contributed by atoms with Crippen LogP contribution in [0, 0.1) is 17.7 Å². The van der Waals surface area contributed by atoms with Crippen molar-refractivity contribution < 1.29 is 14.3 Å². The van der Waals surface area contributed by atoms with Gasteiger partial charge < -0.3 is 10.8 Å². The van der Waals surface area contributed by atoms with Gasteiger partial charge in [-0.05, 0) is 62.1 Å². The number of aromatic nitrogens is 2. The maximum Gasteiger partial charge on any atom is 0.199 e. The molecule has 1 fully saturated rings. The first-order chi connectivity index (χ1) is 14.0. The van der Waals surface area contributed by atoms with E-state index in [0.717, 1.165) is 12.8 Å². The highest BCUT2D eigenvalue weighted by Gasteiger charge is 2.28. The lowest BCUT2D eigenvalue weighted by Crippen LogP contribution is -2.20. The van der Waals surface area contributed by atoms with Crippen LogP contribution in [0.15, 0.2) is 48.5 Å². The minimum atomic E-state index is -0.940. The van der Waals surface area contributed by atoms with Gasteiger partial charge in [-0.3, -0.25) is 9.89 Å². The fraction of sp³-hybridized carbons (Fsp3) is 0.217. The molecule has 1 aliphatic rings. The van der Waals surface area contributed by atoms with Gasteiger partial charge in [0, 0.05) is 16.7 Å². The van der Waals surface area contributed by atoms with Crippen molar-refractivity contribution in [3.63, 3.8) is 0 Å². The summed E-state index contributed by atoms with van der Waals surface area (Å²) in [5, 5.41) is 17.1. The summed E-state index contributed by atoms with van der Waals surface area (Å²) < 4.78 is 13.2. The van der Waals surface area contributed by atoms with Crippen molar-refractivity contribution >= 4 is 11.6 Å². The predicted molar refractivity (Wildman–Crippen MR) is 109 cm³/mol. The van der Waals surface area contributed by atoms with Crippen LogP contribution in [0.5, 0.6) is 0 Å². The van der Waals surface area contributed by atoms with Gasteiger partial charge in [0.1, 0.15) is 11.4 Å². The number of benzene rings is 2. The van der Waals surface area contributed by atoms with Crippen LogP contribution >= 0.6 is 0 Å². The summed E-state index contributed by atoms with van der Waals surface area (Å²) in [5.74, 6) is 5.33. The number of hydrogen-bond acceptors (Lipinski definition) is 4. The molecular formula is C23H20FN3O2. The minimum Gasteiger partial charge on any atom is -0.382 e. The van der Waals surface area contributed by atoms with Crippen molar-refractivity contribution in [1.82, 2.24) is 10.2 Å². The molecule has 4 rings (SSSR count). The molecule has 29 heavy (non-hydrogen) atoms. The lowest BCUT2D eigenvalue weighted by atomic mass is 9.97. The molecule has 5 nitrogen and oxygen atoms in total. The van der Waals surface area contributed by atoms with E-state index in [0.29, 0.717) is 35.2 Å². The van der Waals surface area contributed by atoms with E-state index in [1.165, 1.54) is 12.1 Å². The molecule has 1 saturated carbocycles. The fourth-order valence-electron chi connectivity index (χ4n) is 3.57. The molecule has 3 aromatic rings. The summed E-state index contributed by atoms with van der Waals surface area (Å²) in [6.45, 7) is 0. The molecule has 1 heterocycles. The number of nitrogens with two attached hydrogens (primary N) is 1. The fourth-order valence-corrected chi connectivity index (χ4v) is 3.57. The number of rotatable bonds is 3. The normalized spacial score (nSPS) is 15.0. The Morgan fingerprint density at radius 3 is 2.62 bits per heavy atom. The van der Waals surface area contributed by atoms with Crippen molar-refractivity contribution in [3.8, 4) is 23.1 Å². The number of anilines is 1. The minimum absolute atomic E-state index is 0.0751. The number of nitrogen functional groups attached to an aromatic ring is 1. The Hall–Kier alpha value is -3.43. The molecule has 0 bridgehead atoms. The van der Waals surface area contributed by atoms with Gasteiger partial charge in [-0.15, -0.1) is 0 Å². The average Bonchev–Trinajstić information content (AvgIpc) is 3.33. The summed E-state index contributed by atoms with van der Waals surface area (Å²) in [7, 11) is 0. The molecule has 146 valence electrons. The number of nitrogens with zero attached hydrogens (tertiary/aromatic N) is 1. The molecule has 4 N–H and O–H groups in total. The van der Waals surface area contributed by atoms with Gasteiger partial charge in [-0.2, -0.15) is 5.10 Å². The summed E-state index contributed by atoms with van der Waals surface area (Å²) in [6, 6.07) is 12.6. The zero-order chi connectivity index (χ0) is 20.4. The van der Waals surface area contributed by atoms with E-state index >= 15 is 0 Å². The van der Waals surface area contributed by atoms with E-state index in [1.54, 1.807) is 36.4 Å². The molecule has 1 aromatic heterocycles. The van der Waals surface area contributed by atoms with Crippen LogP contribution in [0.25, 0.3) is 11.3 Å². The first kappa shape index (κ1) is 18.9. The second-order valence-electron chi connectivity index (χ2n) is 7.26. The zero-order valence-corrected chi connectivity index (χ0v) is 15.7. The Labute approximate surface area is 167 Å². The van der Waals surface area contributed by atoms with Crippen LogP contribution in [0.2, 0.25) is 0 Å². The highest BCUT2D eigenvalue weighted by Crippen LogP contribution is 2.29. The maximum atomic E-state index is 13.2. The first-order valence-electron chi connectivity index (χ1n) is 9.45. The average molecular weight is 389 g/mol. The largest absolute Gasteiger partial charge is 0.382 e. The van der Waals surface area contributed by atoms with Gasteiger partial charge in [0.25, 0.3) is 0 Å². The number of carbonyl (C=O) groups is 1. The van der Waals surface area contributed by atoms with Crippen molar-refractivity contribution in [2.24, 2.45) is 0 Å². The van der Waals surface area contributed by atoms with Crippen LogP contribution in [-0.2, 0) is 0 Å². The number of carbonyl (C=O) groups excluding carboxylic acids is 1. The highest BCUT2D eigenvalue weighted by atomic mass is 19.1. The number of aromatic amines is 1. The molecule has 0 spiro atoms. The first-order valence-corrected chi connectivity index (χ1v) is 9.45. The molecule has 6 heteroatoms. The van der Waals surface area contributed by atoms with Gasteiger partial charge in [0.15, 0.2) is 11.6 Å². The Morgan fingerprint density at radius 2 is 1.90 bits per heavy atom. The third kappa shape index (κ3) is 3.91. The number of ketones is 1. The van der Waals surface area contributed by atoms with Gasteiger partial charge in [0.05, 0.1) is 11.3 Å². The van der Waals surface area contributed by atoms with Gasteiger partial charge in [-0.25, -0.2) is 4.39 Å². The SMILES string of the molecule is Nc1n[nH]c(-c2ccc(F)cc2)c1C(=O)c1cccc(C#CC2(O)CCCC2)c1. The predicted octanol–water partition coefficient (Wildman–Crippen LogP) is 3.69. The number of nitrogens with one attached hydrogen (secondary N) is 1. The third-order valence-electron chi connectivity index (χ3n) is 5.15. The number of H-pyrrole nitrogens is 1. The second-order valence-corrected chi connectivity index (χ2v) is 7.26. The molecule has 2 aromatic carbocycles. The van der Waals surface area contributed by atoms with Crippen LogP contribution in [0.1, 0.15) is 47.2 Å². The number of hydrogen-bond donors (Lipinski definition) is 3. The van der Waals surface area contributed by atoms with E-state index < -0.39 is 5.60 Å². The van der Waals surface area contributed by atoms with E-state index in [2.05, 4.69) is 22.0 Å². The molecule has 0 atom stereocenters. The Kier molecular flexibility index (Phi) is 4.91. The maximum absolute atomic E-state index is 13.2. The van der Waals surface area contributed by atoms with Crippen LogP contribution in [-0.4, -0.2) is 26.7 Å². The third-order valence-corrected chi connectivity index (χ3v) is 5.15. The van der Waals surface area contributed by atoms with E-state index in [-0.39, 0.29) is 23.0 Å². The van der Waals surface area contributed by atoms with Crippen molar-refractivity contribution in [3.05, 3.63) is 71.0 Å². The molecule has 0 unspecified atom stereocenters. The van der Waals surface area contributed by atoms with Crippen LogP contribution < -0.4 is 5.73 Å². The van der Waals surface area contributed by atoms with E-state index in [9.17, 15) is 14.3 Å². The standard InChI is InChI=1S/C23H20FN3O2/c24-18-8-6-16(7-9-18)20-19(22(25)27-26-20)21(28)17-5-3-4-15(14-17)10-13-23(29)11-1-2-12-23/h3-9,14,29H,1-2,11-12H2,(H3,25,26,27). The molecule has 0 amide bonds. The van der Waals surface area contributed by atoms with E-state index in [1.807, 2.05) is 0 Å². The number of aliphatic hydroxyl groups is 1. The lowest BCUT2D eigenvalue weighted by molar-refractivity contribution is 0.103. The number of halogens is 1. The molecule has 0 aliphatic heterocycles. The Bertz CT molecular complexity index is 1120. The summed E-state index contributed by atoms with van der Waals surface area (Å²) >= 11 is 0. The smallest absolute Gasteiger partial charge is 0.199 e. The Morgan fingerprint density at radius 1 is 1.17 bits per heavy atom. The molecule has 0 saturated heterocycles. The van der Waals surface area contributed by atoms with Crippen LogP contribution in [0.4, 0.5) is 10.2 Å². The highest BCUT2D eigenvalue weighted by molar-refractivity contribution is 6.15. The topological polar surface area (TPSA) is 92.0 Å². The van der Waals surface area contributed by atoms with Gasteiger partial charge in [0.2, 0.25) is 0 Å². The van der Waals surface area contributed by atoms with Crippen LogP contribution in [0.3, 0.4) is 0 Å². The van der Waals surface area contributed by atoms with Crippen molar-refractivity contribution in [1.29, 1.82) is 0 Å². The van der Waals surface area contributed by atoms with Crippen molar-refractivity contribution in [2.75, 3.05) is 5.73 Å². The molecule has 0 radical (unpaired) electrons. The van der Waals surface area contributed by atoms with E-state index in [4.69, 9.17) is 5.73 Å². The summed E-state index contributed by atoms with van der Waals surface area (Å²) in [6.07, 6.45) is 3.28.